The Morgan fingerprint density at radius 1 is 1.03 bits per heavy atom. The molecule has 1 fully saturated rings. The van der Waals surface area contributed by atoms with E-state index in [9.17, 15) is 18.0 Å². The summed E-state index contributed by atoms with van der Waals surface area (Å²) < 4.78 is 44.3. The number of benzene rings is 3. The van der Waals surface area contributed by atoms with Crippen molar-refractivity contribution in [2.75, 3.05) is 7.11 Å². The highest BCUT2D eigenvalue weighted by Crippen LogP contribution is 2.45. The van der Waals surface area contributed by atoms with Crippen LogP contribution < -0.4 is 10.1 Å². The van der Waals surface area contributed by atoms with E-state index in [1.165, 1.54) is 12.1 Å². The standard InChI is InChI=1S/C29H25F3N2O2/c1-36-23-5-2-4-19(16-23)24-11-6-20(26-18-33-15-12-25(24)26)17-34-27(35)28(13-3-14-28)21-7-9-22(10-8-21)29(30,31)32/h2,4-12,15-16,18H,3,13-14,17H2,1H3,(H,34,35). The van der Waals surface area contributed by atoms with Crippen molar-refractivity contribution in [2.24, 2.45) is 0 Å². The predicted molar refractivity (Wildman–Crippen MR) is 133 cm³/mol. The Hall–Kier alpha value is -3.87. The molecule has 0 aliphatic heterocycles. The van der Waals surface area contributed by atoms with Crippen LogP contribution in [0.3, 0.4) is 0 Å². The Kier molecular flexibility index (Phi) is 6.16. The van der Waals surface area contributed by atoms with E-state index < -0.39 is 17.2 Å². The van der Waals surface area contributed by atoms with Crippen molar-refractivity contribution in [2.45, 2.75) is 37.4 Å². The second-order valence-corrected chi connectivity index (χ2v) is 9.12. The van der Waals surface area contributed by atoms with Crippen LogP contribution >= 0.6 is 0 Å². The molecule has 1 N–H and O–H groups in total. The first kappa shape index (κ1) is 23.9. The van der Waals surface area contributed by atoms with Gasteiger partial charge in [0, 0.05) is 24.3 Å². The number of methoxy groups -OCH3 is 1. The van der Waals surface area contributed by atoms with Crippen LogP contribution in [0.5, 0.6) is 5.75 Å². The summed E-state index contributed by atoms with van der Waals surface area (Å²) in [6, 6.07) is 18.7. The number of nitrogens with zero attached hydrogens (tertiary/aromatic N) is 1. The van der Waals surface area contributed by atoms with Crippen molar-refractivity contribution in [3.8, 4) is 16.9 Å². The second kappa shape index (κ2) is 9.30. The summed E-state index contributed by atoms with van der Waals surface area (Å²) >= 11 is 0. The number of carbonyl (C=O) groups is 1. The highest BCUT2D eigenvalue weighted by Gasteiger charge is 2.45. The number of amides is 1. The van der Waals surface area contributed by atoms with Crippen molar-refractivity contribution >= 4 is 16.7 Å². The molecule has 1 heterocycles. The molecule has 3 aromatic carbocycles. The van der Waals surface area contributed by atoms with Crippen molar-refractivity contribution < 1.29 is 22.7 Å². The highest BCUT2D eigenvalue weighted by molar-refractivity contribution is 5.98. The van der Waals surface area contributed by atoms with Gasteiger partial charge in [0.15, 0.2) is 0 Å². The summed E-state index contributed by atoms with van der Waals surface area (Å²) in [6.07, 6.45) is 1.20. The number of hydrogen-bond donors (Lipinski definition) is 1. The Morgan fingerprint density at radius 2 is 1.81 bits per heavy atom. The maximum atomic E-state index is 13.3. The normalized spacial score (nSPS) is 14.8. The summed E-state index contributed by atoms with van der Waals surface area (Å²) in [6.45, 7) is 0.293. The lowest BCUT2D eigenvalue weighted by atomic mass is 9.63. The van der Waals surface area contributed by atoms with Crippen LogP contribution in [-0.2, 0) is 22.9 Å². The van der Waals surface area contributed by atoms with Crippen molar-refractivity contribution in [3.63, 3.8) is 0 Å². The lowest BCUT2D eigenvalue weighted by molar-refractivity contribution is -0.137. The fourth-order valence-corrected chi connectivity index (χ4v) is 4.95. The maximum Gasteiger partial charge on any atom is 0.416 e. The predicted octanol–water partition coefficient (Wildman–Crippen LogP) is 6.67. The van der Waals surface area contributed by atoms with Crippen LogP contribution in [-0.4, -0.2) is 18.0 Å². The zero-order chi connectivity index (χ0) is 25.3. The van der Waals surface area contributed by atoms with E-state index in [2.05, 4.69) is 10.3 Å². The van der Waals surface area contributed by atoms with Gasteiger partial charge in [0.25, 0.3) is 0 Å². The second-order valence-electron chi connectivity index (χ2n) is 9.12. The number of hydrogen-bond acceptors (Lipinski definition) is 3. The molecule has 4 aromatic rings. The monoisotopic (exact) mass is 490 g/mol. The van der Waals surface area contributed by atoms with Gasteiger partial charge in [-0.3, -0.25) is 9.78 Å². The fraction of sp³-hybridized carbons (Fsp3) is 0.241. The van der Waals surface area contributed by atoms with E-state index in [0.29, 0.717) is 24.9 Å². The number of pyridine rings is 1. The van der Waals surface area contributed by atoms with Gasteiger partial charge in [0.1, 0.15) is 5.75 Å². The molecule has 5 rings (SSSR count). The molecule has 36 heavy (non-hydrogen) atoms. The number of halogens is 3. The zero-order valence-corrected chi connectivity index (χ0v) is 19.7. The zero-order valence-electron chi connectivity index (χ0n) is 19.7. The summed E-state index contributed by atoms with van der Waals surface area (Å²) in [5.41, 5.74) is 2.08. The van der Waals surface area contributed by atoms with E-state index in [0.717, 1.165) is 51.8 Å². The van der Waals surface area contributed by atoms with Crippen LogP contribution in [0.25, 0.3) is 21.9 Å². The lowest BCUT2D eigenvalue weighted by Crippen LogP contribution is -2.49. The van der Waals surface area contributed by atoms with Crippen LogP contribution in [0.4, 0.5) is 13.2 Å². The third-order valence-electron chi connectivity index (χ3n) is 7.14. The fourth-order valence-electron chi connectivity index (χ4n) is 4.95. The maximum absolute atomic E-state index is 13.3. The molecule has 184 valence electrons. The molecule has 1 aliphatic rings. The quantitative estimate of drug-likeness (QED) is 0.329. The number of fused-ring (bicyclic) bond motifs is 1. The molecule has 0 bridgehead atoms. The minimum atomic E-state index is -4.40. The van der Waals surface area contributed by atoms with Gasteiger partial charge in [-0.25, -0.2) is 0 Å². The molecule has 1 aliphatic carbocycles. The Labute approximate surface area is 207 Å². The molecule has 1 amide bonds. The molecule has 7 heteroatoms. The largest absolute Gasteiger partial charge is 0.497 e. The van der Waals surface area contributed by atoms with Gasteiger partial charge in [-0.15, -0.1) is 0 Å². The van der Waals surface area contributed by atoms with Gasteiger partial charge in [-0.2, -0.15) is 13.2 Å². The van der Waals surface area contributed by atoms with Crippen LogP contribution in [0.1, 0.15) is 36.0 Å². The number of alkyl halides is 3. The first-order valence-electron chi connectivity index (χ1n) is 11.8. The molecule has 1 aromatic heterocycles. The molecule has 1 saturated carbocycles. The van der Waals surface area contributed by atoms with Crippen molar-refractivity contribution in [3.05, 3.63) is 95.8 Å². The van der Waals surface area contributed by atoms with Gasteiger partial charge in [0.05, 0.1) is 18.1 Å². The van der Waals surface area contributed by atoms with E-state index in [1.54, 1.807) is 19.5 Å². The topological polar surface area (TPSA) is 51.2 Å². The molecule has 0 unspecified atom stereocenters. The molecule has 0 radical (unpaired) electrons. The average Bonchev–Trinajstić information content (AvgIpc) is 2.86. The molecular weight excluding hydrogens is 465 g/mol. The Balaban J connectivity index is 1.40. The Bertz CT molecular complexity index is 1410. The van der Waals surface area contributed by atoms with Crippen molar-refractivity contribution in [1.29, 1.82) is 0 Å². The van der Waals surface area contributed by atoms with Crippen LogP contribution in [0, 0.1) is 0 Å². The smallest absolute Gasteiger partial charge is 0.416 e. The van der Waals surface area contributed by atoms with Gasteiger partial charge in [-0.1, -0.05) is 42.8 Å². The van der Waals surface area contributed by atoms with Crippen molar-refractivity contribution in [1.82, 2.24) is 10.3 Å². The third-order valence-corrected chi connectivity index (χ3v) is 7.14. The molecule has 4 nitrogen and oxygen atoms in total. The third kappa shape index (κ3) is 4.30. The molecule has 0 spiro atoms. The van der Waals surface area contributed by atoms with Crippen LogP contribution in [0.15, 0.2) is 79.1 Å². The summed E-state index contributed by atoms with van der Waals surface area (Å²) in [7, 11) is 1.63. The number of nitrogens with one attached hydrogen (secondary N) is 1. The SMILES string of the molecule is COc1cccc(-c2ccc(CNC(=O)C3(c4ccc(C(F)(F)F)cc4)CCC3)c3cnccc23)c1. The van der Waals surface area contributed by atoms with E-state index in [4.69, 9.17) is 4.74 Å². The summed E-state index contributed by atoms with van der Waals surface area (Å²) in [5, 5.41) is 4.98. The summed E-state index contributed by atoms with van der Waals surface area (Å²) in [4.78, 5) is 17.6. The number of carbonyl (C=O) groups excluding carboxylic acids is 1. The molecule has 0 saturated heterocycles. The minimum absolute atomic E-state index is 0.164. The first-order chi connectivity index (χ1) is 17.3. The lowest BCUT2D eigenvalue weighted by Gasteiger charge is -2.41. The van der Waals surface area contributed by atoms with E-state index >= 15 is 0 Å². The van der Waals surface area contributed by atoms with Gasteiger partial charge in [0.2, 0.25) is 5.91 Å². The average molecular weight is 491 g/mol. The Morgan fingerprint density at radius 3 is 2.47 bits per heavy atom. The number of ether oxygens (including phenoxy) is 1. The van der Waals surface area contributed by atoms with E-state index in [-0.39, 0.29) is 5.91 Å². The van der Waals surface area contributed by atoms with Gasteiger partial charge < -0.3 is 10.1 Å². The first-order valence-corrected chi connectivity index (χ1v) is 11.8. The highest BCUT2D eigenvalue weighted by atomic mass is 19.4. The molecular formula is C29H25F3N2O2. The minimum Gasteiger partial charge on any atom is -0.497 e. The van der Waals surface area contributed by atoms with Gasteiger partial charge in [-0.05, 0) is 70.8 Å². The summed E-state index contributed by atoms with van der Waals surface area (Å²) in [5.74, 6) is 0.600. The molecule has 0 atom stereocenters. The van der Waals surface area contributed by atoms with Crippen LogP contribution in [0.2, 0.25) is 0 Å². The number of aromatic nitrogens is 1. The number of rotatable bonds is 6. The van der Waals surface area contributed by atoms with Gasteiger partial charge >= 0.3 is 6.18 Å². The van der Waals surface area contributed by atoms with E-state index in [1.807, 2.05) is 42.5 Å².